The molecule has 180 valence electrons. The average Bonchev–Trinajstić information content (AvgIpc) is 2.82. The summed E-state index contributed by atoms with van der Waals surface area (Å²) in [4.78, 5) is 30.9. The Labute approximate surface area is 198 Å². The van der Waals surface area contributed by atoms with Gasteiger partial charge in [-0.15, -0.1) is 0 Å². The molecule has 0 amide bonds. The third-order valence-electron chi connectivity index (χ3n) is 3.43. The molecule has 0 saturated heterocycles. The molecule has 0 heterocycles. The molecule has 3 heteroatoms. The maximum atomic E-state index is 10.8. The first-order chi connectivity index (χ1) is 15.4. The van der Waals surface area contributed by atoms with Crippen molar-refractivity contribution in [1.82, 2.24) is 0 Å². The van der Waals surface area contributed by atoms with Gasteiger partial charge in [-0.1, -0.05) is 114 Å². The second-order valence-corrected chi connectivity index (χ2v) is 6.22. The number of carbonyl (C=O) groups excluding carboxylic acids is 3. The number of aldehydes is 1. The van der Waals surface area contributed by atoms with Gasteiger partial charge in [0.05, 0.1) is 0 Å². The molecule has 0 radical (unpaired) electrons. The Bertz CT molecular complexity index is 557. The Morgan fingerprint density at radius 3 is 1.34 bits per heavy atom. The van der Waals surface area contributed by atoms with Crippen molar-refractivity contribution in [2.75, 3.05) is 0 Å². The Kier molecular flexibility index (Phi) is 44.3. The Balaban J connectivity index is -0.000000172. The number of hydrogen-bond donors (Lipinski definition) is 0. The van der Waals surface area contributed by atoms with E-state index in [9.17, 15) is 14.4 Å². The van der Waals surface area contributed by atoms with Crippen molar-refractivity contribution < 1.29 is 14.4 Å². The second-order valence-electron chi connectivity index (χ2n) is 6.22. The van der Waals surface area contributed by atoms with Crippen LogP contribution in [-0.2, 0) is 14.4 Å². The van der Waals surface area contributed by atoms with Crippen LogP contribution in [0.5, 0.6) is 0 Å². The smallest absolute Gasteiger partial charge is 0.133 e. The summed E-state index contributed by atoms with van der Waals surface area (Å²) >= 11 is 0. The summed E-state index contributed by atoms with van der Waals surface area (Å²) < 4.78 is 0. The van der Waals surface area contributed by atoms with E-state index < -0.39 is 0 Å². The molecule has 0 rings (SSSR count). The summed E-state index contributed by atoms with van der Waals surface area (Å²) in [5.74, 6) is 0.490. The zero-order valence-electron chi connectivity index (χ0n) is 20.9. The van der Waals surface area contributed by atoms with Gasteiger partial charge in [-0.3, -0.25) is 9.59 Å². The molecule has 0 spiro atoms. The largest absolute Gasteiger partial charge is 0.303 e. The summed E-state index contributed by atoms with van der Waals surface area (Å²) in [7, 11) is 0. The molecule has 0 fully saturated rings. The predicted octanol–water partition coefficient (Wildman–Crippen LogP) is 8.27. The summed E-state index contributed by atoms with van der Waals surface area (Å²) in [5, 5.41) is 0. The van der Waals surface area contributed by atoms with Gasteiger partial charge < -0.3 is 4.79 Å². The first-order valence-corrected chi connectivity index (χ1v) is 11.4. The van der Waals surface area contributed by atoms with Crippen molar-refractivity contribution in [2.24, 2.45) is 0 Å². The highest BCUT2D eigenvalue weighted by atomic mass is 16.1. The van der Waals surface area contributed by atoms with Crippen LogP contribution in [0.3, 0.4) is 0 Å². The van der Waals surface area contributed by atoms with Crippen molar-refractivity contribution in [3.63, 3.8) is 0 Å². The lowest BCUT2D eigenvalue weighted by Gasteiger charge is -1.89. The van der Waals surface area contributed by atoms with E-state index in [2.05, 4.69) is 45.7 Å². The SMILES string of the molecule is C=C/C=C/C=CCCC(=O)CC.C=C/C=C/CC.C=C/C=C/CC.CCC(=O)CCC=O. The van der Waals surface area contributed by atoms with Gasteiger partial charge in [0.1, 0.15) is 17.9 Å². The van der Waals surface area contributed by atoms with Crippen molar-refractivity contribution in [2.45, 2.75) is 79.1 Å². The molecule has 0 saturated carbocycles. The molecule has 0 aromatic heterocycles. The number of rotatable bonds is 14. The molecule has 0 aliphatic heterocycles. The van der Waals surface area contributed by atoms with Crippen LogP contribution in [0.4, 0.5) is 0 Å². The summed E-state index contributed by atoms with van der Waals surface area (Å²) in [6, 6.07) is 0. The van der Waals surface area contributed by atoms with Crippen LogP contribution >= 0.6 is 0 Å². The van der Waals surface area contributed by atoms with Gasteiger partial charge in [-0.25, -0.2) is 0 Å². The van der Waals surface area contributed by atoms with Gasteiger partial charge in [0.15, 0.2) is 0 Å². The highest BCUT2D eigenvalue weighted by Crippen LogP contribution is 1.95. The van der Waals surface area contributed by atoms with E-state index in [1.807, 2.05) is 43.4 Å². The van der Waals surface area contributed by atoms with Crippen LogP contribution < -0.4 is 0 Å². The summed E-state index contributed by atoms with van der Waals surface area (Å²) in [6.07, 6.45) is 27.5. The van der Waals surface area contributed by atoms with Crippen molar-refractivity contribution in [3.8, 4) is 0 Å². The number of Topliss-reactive ketones (excluding diaryl/α,β-unsaturated/α-hetero) is 2. The molecular formula is C29H46O3. The predicted molar refractivity (Wildman–Crippen MR) is 143 cm³/mol. The van der Waals surface area contributed by atoms with Gasteiger partial charge in [-0.05, 0) is 19.3 Å². The quantitative estimate of drug-likeness (QED) is 0.201. The molecule has 0 aliphatic rings. The van der Waals surface area contributed by atoms with Gasteiger partial charge >= 0.3 is 0 Å². The molecule has 3 nitrogen and oxygen atoms in total. The number of ketones is 2. The van der Waals surface area contributed by atoms with Gasteiger partial charge in [0.2, 0.25) is 0 Å². The van der Waals surface area contributed by atoms with Crippen LogP contribution in [0.2, 0.25) is 0 Å². The molecular weight excluding hydrogens is 396 g/mol. The van der Waals surface area contributed by atoms with Crippen LogP contribution in [0.25, 0.3) is 0 Å². The maximum absolute atomic E-state index is 10.8. The minimum Gasteiger partial charge on any atom is -0.303 e. The lowest BCUT2D eigenvalue weighted by Crippen LogP contribution is -1.93. The van der Waals surface area contributed by atoms with Crippen molar-refractivity contribution in [1.29, 1.82) is 0 Å². The topological polar surface area (TPSA) is 51.2 Å². The molecule has 0 bridgehead atoms. The van der Waals surface area contributed by atoms with Crippen LogP contribution in [0.15, 0.2) is 86.6 Å². The van der Waals surface area contributed by atoms with E-state index >= 15 is 0 Å². The minimum absolute atomic E-state index is 0.164. The van der Waals surface area contributed by atoms with E-state index in [4.69, 9.17) is 0 Å². The molecule has 0 aliphatic carbocycles. The first kappa shape index (κ1) is 36.6. The summed E-state index contributed by atoms with van der Waals surface area (Å²) in [6.45, 7) is 18.5. The highest BCUT2D eigenvalue weighted by molar-refractivity contribution is 5.79. The van der Waals surface area contributed by atoms with E-state index in [1.54, 1.807) is 25.2 Å². The van der Waals surface area contributed by atoms with Crippen LogP contribution in [0.1, 0.15) is 79.1 Å². The second kappa shape index (κ2) is 38.8. The first-order valence-electron chi connectivity index (χ1n) is 11.4. The fraction of sp³-hybridized carbons (Fsp3) is 0.414. The minimum atomic E-state index is 0.164. The van der Waals surface area contributed by atoms with Crippen LogP contribution in [0, 0.1) is 0 Å². The lowest BCUT2D eigenvalue weighted by atomic mass is 10.2. The van der Waals surface area contributed by atoms with Gasteiger partial charge in [0.25, 0.3) is 0 Å². The lowest BCUT2D eigenvalue weighted by molar-refractivity contribution is -0.120. The van der Waals surface area contributed by atoms with E-state index in [0.717, 1.165) is 25.5 Å². The Hall–Kier alpha value is -2.81. The maximum Gasteiger partial charge on any atom is 0.133 e. The summed E-state index contributed by atoms with van der Waals surface area (Å²) in [5.41, 5.74) is 0. The molecule has 0 unspecified atom stereocenters. The Morgan fingerprint density at radius 2 is 1.03 bits per heavy atom. The average molecular weight is 443 g/mol. The zero-order valence-corrected chi connectivity index (χ0v) is 20.9. The van der Waals surface area contributed by atoms with Crippen molar-refractivity contribution in [3.05, 3.63) is 86.6 Å². The fourth-order valence-electron chi connectivity index (χ4n) is 1.60. The van der Waals surface area contributed by atoms with Crippen LogP contribution in [-0.4, -0.2) is 17.9 Å². The zero-order chi connectivity index (χ0) is 25.3. The third kappa shape index (κ3) is 50.6. The van der Waals surface area contributed by atoms with E-state index in [0.29, 0.717) is 37.9 Å². The highest BCUT2D eigenvalue weighted by Gasteiger charge is 1.94. The van der Waals surface area contributed by atoms with Crippen molar-refractivity contribution >= 4 is 17.9 Å². The van der Waals surface area contributed by atoms with E-state index in [-0.39, 0.29) is 5.78 Å². The number of allylic oxidation sites excluding steroid dienone is 11. The molecule has 0 aromatic carbocycles. The standard InChI is InChI=1S/C11H16O.C6H10O2.2C6H10/c1-3-5-6-7-8-9-10-11(12)4-2;1-2-6(8)4-3-5-7;2*1-3-5-6-4-2/h3,5-8H,1,4,9-10H2,2H3;5H,2-4H2,1H3;2*3,5-6H,1,4H2,2H3/b6-5+,8-7?;;2*6-5+. The molecule has 0 N–H and O–H groups in total. The fourth-order valence-corrected chi connectivity index (χ4v) is 1.60. The Morgan fingerprint density at radius 1 is 0.594 bits per heavy atom. The molecule has 0 atom stereocenters. The molecule has 0 aromatic rings. The van der Waals surface area contributed by atoms with Gasteiger partial charge in [-0.2, -0.15) is 0 Å². The monoisotopic (exact) mass is 442 g/mol. The van der Waals surface area contributed by atoms with E-state index in [1.165, 1.54) is 0 Å². The number of carbonyl (C=O) groups is 3. The third-order valence-corrected chi connectivity index (χ3v) is 3.43. The van der Waals surface area contributed by atoms with Gasteiger partial charge in [0, 0.05) is 32.1 Å². The number of hydrogen-bond acceptors (Lipinski definition) is 3. The molecule has 32 heavy (non-hydrogen) atoms. The normalized spacial score (nSPS) is 9.88.